The van der Waals surface area contributed by atoms with E-state index in [0.717, 1.165) is 0 Å². The van der Waals surface area contributed by atoms with Crippen molar-refractivity contribution in [2.24, 2.45) is 0 Å². The molecule has 90 valence electrons. The van der Waals surface area contributed by atoms with Gasteiger partial charge in [-0.25, -0.2) is 9.78 Å². The van der Waals surface area contributed by atoms with Crippen LogP contribution in [0.15, 0.2) is 6.20 Å². The summed E-state index contributed by atoms with van der Waals surface area (Å²) in [5.74, 6) is -1.45. The summed E-state index contributed by atoms with van der Waals surface area (Å²) in [6.45, 7) is 0. The third-order valence-electron chi connectivity index (χ3n) is 1.16. The fraction of sp³-hybridized carbons (Fsp3) is 0.200. The maximum absolute atomic E-state index is 11.8. The van der Waals surface area contributed by atoms with E-state index in [1.165, 1.54) is 0 Å². The van der Waals surface area contributed by atoms with Gasteiger partial charge < -0.3 is 9.29 Å². The first kappa shape index (κ1) is 12.7. The standard InChI is InChI=1S/C5H2F3NO5S2/c6-5(7,8)16(12,13)14-4-9-1-2(15-4)3(10)11/h1H,(H,10,11). The van der Waals surface area contributed by atoms with Gasteiger partial charge in [0.1, 0.15) is 4.88 Å². The first-order valence-electron chi connectivity index (χ1n) is 3.33. The molecule has 11 heteroatoms. The zero-order chi connectivity index (χ0) is 12.6. The van der Waals surface area contributed by atoms with E-state index in [1.807, 2.05) is 0 Å². The maximum Gasteiger partial charge on any atom is 0.534 e. The molecule has 0 amide bonds. The lowest BCUT2D eigenvalue weighted by Crippen LogP contribution is -2.27. The molecule has 1 N–H and O–H groups in total. The molecule has 0 unspecified atom stereocenters. The van der Waals surface area contributed by atoms with Crippen molar-refractivity contribution in [3.63, 3.8) is 0 Å². The van der Waals surface area contributed by atoms with E-state index < -0.39 is 31.7 Å². The van der Waals surface area contributed by atoms with Gasteiger partial charge in [-0.3, -0.25) is 0 Å². The summed E-state index contributed by atoms with van der Waals surface area (Å²) >= 11 is 0.172. The van der Waals surface area contributed by atoms with Crippen LogP contribution in [0.2, 0.25) is 0 Å². The SMILES string of the molecule is O=C(O)c1cnc(OS(=O)(=O)C(F)(F)F)s1. The molecule has 1 heterocycles. The molecule has 0 aromatic carbocycles. The van der Waals surface area contributed by atoms with Gasteiger partial charge in [-0.1, -0.05) is 11.3 Å². The van der Waals surface area contributed by atoms with Crippen molar-refractivity contribution in [1.82, 2.24) is 4.98 Å². The van der Waals surface area contributed by atoms with Gasteiger partial charge in [-0.2, -0.15) is 21.6 Å². The number of carboxylic acids is 1. The van der Waals surface area contributed by atoms with Crippen LogP contribution in [0.1, 0.15) is 9.67 Å². The van der Waals surface area contributed by atoms with Crippen LogP contribution in [0.3, 0.4) is 0 Å². The van der Waals surface area contributed by atoms with Crippen molar-refractivity contribution >= 4 is 27.4 Å². The second kappa shape index (κ2) is 3.90. The van der Waals surface area contributed by atoms with E-state index in [2.05, 4.69) is 9.17 Å². The molecule has 0 aliphatic carbocycles. The highest BCUT2D eigenvalue weighted by Gasteiger charge is 2.49. The van der Waals surface area contributed by atoms with E-state index in [1.54, 1.807) is 0 Å². The molecule has 0 aliphatic heterocycles. The summed E-state index contributed by atoms with van der Waals surface area (Å²) in [4.78, 5) is 13.0. The monoisotopic (exact) mass is 277 g/mol. The van der Waals surface area contributed by atoms with Crippen molar-refractivity contribution in [2.75, 3.05) is 0 Å². The topological polar surface area (TPSA) is 93.6 Å². The number of carbonyl (C=O) groups is 1. The van der Waals surface area contributed by atoms with Crippen LogP contribution >= 0.6 is 11.3 Å². The highest BCUT2D eigenvalue weighted by Crippen LogP contribution is 2.29. The molecule has 6 nitrogen and oxygen atoms in total. The van der Waals surface area contributed by atoms with Crippen LogP contribution in [0.4, 0.5) is 13.2 Å². The first-order chi connectivity index (χ1) is 7.13. The number of carboxylic acid groups (broad SMARTS) is 1. The average Bonchev–Trinajstić information content (AvgIpc) is 2.49. The number of hydrogen-bond donors (Lipinski definition) is 1. The van der Waals surface area contributed by atoms with Crippen molar-refractivity contribution in [3.8, 4) is 5.19 Å². The molecule has 0 saturated carbocycles. The highest BCUT2D eigenvalue weighted by atomic mass is 32.2. The molecule has 0 radical (unpaired) electrons. The molecule has 0 saturated heterocycles. The van der Waals surface area contributed by atoms with Gasteiger partial charge in [-0.05, 0) is 0 Å². The van der Waals surface area contributed by atoms with Crippen LogP contribution in [0, 0.1) is 0 Å². The lowest BCUT2D eigenvalue weighted by molar-refractivity contribution is -0.0500. The molecule has 0 aliphatic rings. The van der Waals surface area contributed by atoms with Crippen molar-refractivity contribution in [3.05, 3.63) is 11.1 Å². The van der Waals surface area contributed by atoms with Gasteiger partial charge in [0.2, 0.25) is 0 Å². The van der Waals surface area contributed by atoms with Crippen molar-refractivity contribution in [2.45, 2.75) is 5.51 Å². The van der Waals surface area contributed by atoms with Gasteiger partial charge in [0, 0.05) is 0 Å². The summed E-state index contributed by atoms with van der Waals surface area (Å²) in [6, 6.07) is 0. The summed E-state index contributed by atoms with van der Waals surface area (Å²) in [7, 11) is -5.81. The second-order valence-corrected chi connectivity index (χ2v) is 4.81. The van der Waals surface area contributed by atoms with Gasteiger partial charge in [-0.15, -0.1) is 0 Å². The van der Waals surface area contributed by atoms with E-state index in [4.69, 9.17) is 5.11 Å². The fourth-order valence-corrected chi connectivity index (χ4v) is 1.75. The number of rotatable bonds is 3. The largest absolute Gasteiger partial charge is 0.534 e. The van der Waals surface area contributed by atoms with Crippen LogP contribution in [0.5, 0.6) is 5.19 Å². The number of halogens is 3. The number of aromatic nitrogens is 1. The predicted octanol–water partition coefficient (Wildman–Crippen LogP) is 1.07. The number of alkyl halides is 3. The molecule has 0 spiro atoms. The normalized spacial score (nSPS) is 12.4. The lowest BCUT2D eigenvalue weighted by atomic mass is 10.6. The zero-order valence-corrected chi connectivity index (χ0v) is 8.69. The second-order valence-electron chi connectivity index (χ2n) is 2.28. The Kier molecular flexibility index (Phi) is 3.10. The summed E-state index contributed by atoms with van der Waals surface area (Å²) in [5.41, 5.74) is -5.58. The Balaban J connectivity index is 2.94. The third kappa shape index (κ3) is 2.61. The molecular formula is C5H2F3NO5S2. The van der Waals surface area contributed by atoms with E-state index in [-0.39, 0.29) is 11.3 Å². The molecule has 16 heavy (non-hydrogen) atoms. The fourth-order valence-electron chi connectivity index (χ4n) is 0.537. The van der Waals surface area contributed by atoms with E-state index >= 15 is 0 Å². The first-order valence-corrected chi connectivity index (χ1v) is 5.56. The number of nitrogens with zero attached hydrogens (tertiary/aromatic N) is 1. The Morgan fingerprint density at radius 3 is 2.44 bits per heavy atom. The van der Waals surface area contributed by atoms with Gasteiger partial charge in [0.15, 0.2) is 0 Å². The molecule has 0 atom stereocenters. The minimum Gasteiger partial charge on any atom is -0.477 e. The Morgan fingerprint density at radius 1 is 1.50 bits per heavy atom. The number of thiazole rings is 1. The summed E-state index contributed by atoms with van der Waals surface area (Å²) in [5, 5.41) is 7.49. The summed E-state index contributed by atoms with van der Waals surface area (Å²) < 4.78 is 60.0. The zero-order valence-electron chi connectivity index (χ0n) is 7.06. The minimum atomic E-state index is -5.81. The van der Waals surface area contributed by atoms with Gasteiger partial charge in [0.25, 0.3) is 5.19 Å². The summed E-state index contributed by atoms with van der Waals surface area (Å²) in [6.07, 6.45) is 0.689. The number of aromatic carboxylic acids is 1. The van der Waals surface area contributed by atoms with Crippen LogP contribution in [-0.2, 0) is 10.1 Å². The van der Waals surface area contributed by atoms with Crippen LogP contribution < -0.4 is 4.18 Å². The quantitative estimate of drug-likeness (QED) is 0.656. The Bertz CT molecular complexity index is 504. The lowest BCUT2D eigenvalue weighted by Gasteiger charge is -2.05. The van der Waals surface area contributed by atoms with Gasteiger partial charge in [0.05, 0.1) is 6.20 Å². The smallest absolute Gasteiger partial charge is 0.477 e. The van der Waals surface area contributed by atoms with Gasteiger partial charge >= 0.3 is 21.6 Å². The Morgan fingerprint density at radius 2 is 2.06 bits per heavy atom. The molecule has 1 aromatic rings. The van der Waals surface area contributed by atoms with Crippen molar-refractivity contribution in [1.29, 1.82) is 0 Å². The molecule has 0 fully saturated rings. The number of hydrogen-bond acceptors (Lipinski definition) is 6. The van der Waals surface area contributed by atoms with E-state index in [0.29, 0.717) is 6.20 Å². The third-order valence-corrected chi connectivity index (χ3v) is 3.07. The molecular weight excluding hydrogens is 275 g/mol. The van der Waals surface area contributed by atoms with Crippen molar-refractivity contribution < 1.29 is 35.7 Å². The predicted molar refractivity (Wildman–Crippen MR) is 44.7 cm³/mol. The van der Waals surface area contributed by atoms with Crippen LogP contribution in [0.25, 0.3) is 0 Å². The molecule has 0 bridgehead atoms. The van der Waals surface area contributed by atoms with Crippen LogP contribution in [-0.4, -0.2) is 30.0 Å². The van der Waals surface area contributed by atoms with E-state index in [9.17, 15) is 26.4 Å². The molecule has 1 rings (SSSR count). The highest BCUT2D eigenvalue weighted by molar-refractivity contribution is 7.88. The minimum absolute atomic E-state index is 0.172. The molecule has 1 aromatic heterocycles. The Hall–Kier alpha value is -1.36. The Labute approximate surface area is 90.4 Å². The average molecular weight is 277 g/mol. The maximum atomic E-state index is 11.8.